The molecule has 0 aliphatic rings. The summed E-state index contributed by atoms with van der Waals surface area (Å²) in [5, 5.41) is 8.68. The zero-order valence-electron chi connectivity index (χ0n) is 10.00. The first-order valence-electron chi connectivity index (χ1n) is 5.32. The van der Waals surface area contributed by atoms with Gasteiger partial charge in [0.25, 0.3) is 0 Å². The zero-order chi connectivity index (χ0) is 13.6. The predicted octanol–water partition coefficient (Wildman–Crippen LogP) is 0.731. The summed E-state index contributed by atoms with van der Waals surface area (Å²) in [4.78, 5) is 14.4. The van der Waals surface area contributed by atoms with Gasteiger partial charge in [-0.2, -0.15) is 0 Å². The number of carboxylic acids is 1. The van der Waals surface area contributed by atoms with Gasteiger partial charge in [-0.3, -0.25) is 4.98 Å². The van der Waals surface area contributed by atoms with Crippen molar-refractivity contribution in [2.75, 3.05) is 19.5 Å². The van der Waals surface area contributed by atoms with E-state index in [-0.39, 0.29) is 17.1 Å². The Bertz CT molecular complexity index is 495. The van der Waals surface area contributed by atoms with Crippen molar-refractivity contribution in [2.45, 2.75) is 12.2 Å². The van der Waals surface area contributed by atoms with Crippen LogP contribution in [0.1, 0.15) is 22.5 Å². The van der Waals surface area contributed by atoms with Gasteiger partial charge in [-0.05, 0) is 18.6 Å². The Kier molecular flexibility index (Phi) is 5.24. The highest BCUT2D eigenvalue weighted by Crippen LogP contribution is 2.07. The average Bonchev–Trinajstić information content (AvgIpc) is 2.29. The van der Waals surface area contributed by atoms with Crippen molar-refractivity contribution in [3.8, 4) is 0 Å². The Morgan fingerprint density at radius 2 is 2.17 bits per heavy atom. The fourth-order valence-electron chi connectivity index (χ4n) is 1.36. The molecule has 0 saturated heterocycles. The monoisotopic (exact) mass is 273 g/mol. The lowest BCUT2D eigenvalue weighted by Gasteiger charge is -2.04. The van der Waals surface area contributed by atoms with Crippen molar-refractivity contribution in [1.29, 1.82) is 0 Å². The van der Waals surface area contributed by atoms with E-state index in [1.807, 2.05) is 0 Å². The summed E-state index contributed by atoms with van der Waals surface area (Å²) in [6.07, 6.45) is 1.59. The van der Waals surface area contributed by atoms with Crippen LogP contribution in [0.2, 0.25) is 0 Å². The van der Waals surface area contributed by atoms with Crippen LogP contribution >= 0.6 is 0 Å². The van der Waals surface area contributed by atoms with Crippen LogP contribution in [-0.4, -0.2) is 43.9 Å². The van der Waals surface area contributed by atoms with Gasteiger partial charge in [-0.25, -0.2) is 13.2 Å². The molecule has 0 aliphatic carbocycles. The summed E-state index contributed by atoms with van der Waals surface area (Å²) in [7, 11) is -1.72. The van der Waals surface area contributed by atoms with Gasteiger partial charge in [-0.15, -0.1) is 0 Å². The van der Waals surface area contributed by atoms with Crippen LogP contribution in [0.3, 0.4) is 0 Å². The third kappa shape index (κ3) is 4.80. The first-order chi connectivity index (χ1) is 8.44. The minimum absolute atomic E-state index is 0.0310. The Balaban J connectivity index is 2.63. The molecule has 1 rings (SSSR count). The van der Waals surface area contributed by atoms with Crippen molar-refractivity contribution in [1.82, 2.24) is 4.98 Å². The fourth-order valence-corrected chi connectivity index (χ4v) is 2.68. The van der Waals surface area contributed by atoms with E-state index in [1.54, 1.807) is 0 Å². The molecule has 6 nitrogen and oxygen atoms in total. The number of aromatic nitrogens is 1. The Labute approximate surface area is 106 Å². The molecule has 0 aliphatic heterocycles. The number of carbonyl (C=O) groups is 1. The van der Waals surface area contributed by atoms with E-state index in [2.05, 4.69) is 4.98 Å². The van der Waals surface area contributed by atoms with Gasteiger partial charge >= 0.3 is 5.97 Å². The van der Waals surface area contributed by atoms with Crippen LogP contribution in [0.4, 0.5) is 0 Å². The molecule has 18 heavy (non-hydrogen) atoms. The molecular formula is C11H15NO5S. The third-order valence-corrected chi connectivity index (χ3v) is 3.89. The van der Waals surface area contributed by atoms with Crippen LogP contribution in [0.5, 0.6) is 0 Å². The Morgan fingerprint density at radius 1 is 1.44 bits per heavy atom. The molecule has 0 bridgehead atoms. The smallest absolute Gasteiger partial charge is 0.337 e. The average molecular weight is 273 g/mol. The molecule has 1 aromatic rings. The van der Waals surface area contributed by atoms with Gasteiger partial charge in [0.05, 0.1) is 22.8 Å². The summed E-state index contributed by atoms with van der Waals surface area (Å²) >= 11 is 0. The molecule has 0 aromatic carbocycles. The topological polar surface area (TPSA) is 93.6 Å². The van der Waals surface area contributed by atoms with Crippen molar-refractivity contribution in [3.05, 3.63) is 29.6 Å². The van der Waals surface area contributed by atoms with Crippen LogP contribution in [-0.2, 0) is 20.3 Å². The largest absolute Gasteiger partial charge is 0.478 e. The summed E-state index contributed by atoms with van der Waals surface area (Å²) in [5.41, 5.74) is 0.382. The number of ether oxygens (including phenoxy) is 1. The van der Waals surface area contributed by atoms with Crippen LogP contribution in [0.25, 0.3) is 0 Å². The summed E-state index contributed by atoms with van der Waals surface area (Å²) in [6, 6.07) is 2.76. The molecule has 0 amide bonds. The highest BCUT2D eigenvalue weighted by Gasteiger charge is 2.13. The zero-order valence-corrected chi connectivity index (χ0v) is 10.8. The maximum atomic E-state index is 11.7. The van der Waals surface area contributed by atoms with Gasteiger partial charge < -0.3 is 9.84 Å². The van der Waals surface area contributed by atoms with Crippen LogP contribution < -0.4 is 0 Å². The number of hydrogen-bond acceptors (Lipinski definition) is 5. The van der Waals surface area contributed by atoms with Crippen molar-refractivity contribution in [2.24, 2.45) is 0 Å². The highest BCUT2D eigenvalue weighted by atomic mass is 32.2. The van der Waals surface area contributed by atoms with E-state index in [0.717, 1.165) is 6.20 Å². The molecule has 1 aromatic heterocycles. The van der Waals surface area contributed by atoms with Gasteiger partial charge in [0.1, 0.15) is 0 Å². The van der Waals surface area contributed by atoms with Crippen molar-refractivity contribution >= 4 is 15.8 Å². The van der Waals surface area contributed by atoms with Crippen LogP contribution in [0, 0.1) is 0 Å². The third-order valence-electron chi connectivity index (χ3n) is 2.24. The molecule has 1 heterocycles. The molecule has 0 spiro atoms. The van der Waals surface area contributed by atoms with Gasteiger partial charge in [0, 0.05) is 19.9 Å². The van der Waals surface area contributed by atoms with E-state index < -0.39 is 15.8 Å². The number of carboxylic acid groups (broad SMARTS) is 1. The molecule has 0 saturated carbocycles. The number of methoxy groups -OCH3 is 1. The molecule has 0 fully saturated rings. The second kappa shape index (κ2) is 6.46. The standard InChI is InChI=1S/C11H15NO5S/c1-17-5-2-6-18(15,16)8-10-4-3-9(7-12-10)11(13)14/h3-4,7H,2,5-6,8H2,1H3,(H,13,14). The highest BCUT2D eigenvalue weighted by molar-refractivity contribution is 7.90. The predicted molar refractivity (Wildman–Crippen MR) is 65.2 cm³/mol. The van der Waals surface area contributed by atoms with E-state index in [4.69, 9.17) is 9.84 Å². The van der Waals surface area contributed by atoms with Gasteiger partial charge in [0.2, 0.25) is 0 Å². The lowest BCUT2D eigenvalue weighted by molar-refractivity contribution is 0.0696. The fraction of sp³-hybridized carbons (Fsp3) is 0.455. The molecule has 0 unspecified atom stereocenters. The minimum atomic E-state index is -3.23. The van der Waals surface area contributed by atoms with Crippen molar-refractivity contribution < 1.29 is 23.1 Å². The number of nitrogens with zero attached hydrogens (tertiary/aromatic N) is 1. The second-order valence-electron chi connectivity index (χ2n) is 3.78. The SMILES string of the molecule is COCCCS(=O)(=O)Cc1ccc(C(=O)O)cn1. The first kappa shape index (κ1) is 14.6. The van der Waals surface area contributed by atoms with E-state index in [0.29, 0.717) is 18.7 Å². The van der Waals surface area contributed by atoms with Crippen molar-refractivity contribution in [3.63, 3.8) is 0 Å². The summed E-state index contributed by atoms with van der Waals surface area (Å²) in [6.45, 7) is 0.393. The summed E-state index contributed by atoms with van der Waals surface area (Å²) < 4.78 is 28.1. The molecule has 100 valence electrons. The number of aromatic carboxylic acids is 1. The first-order valence-corrected chi connectivity index (χ1v) is 7.14. The Hall–Kier alpha value is -1.47. The lowest BCUT2D eigenvalue weighted by Crippen LogP contribution is -2.12. The lowest BCUT2D eigenvalue weighted by atomic mass is 10.2. The molecule has 0 atom stereocenters. The summed E-state index contributed by atoms with van der Waals surface area (Å²) in [5.74, 6) is -1.24. The van der Waals surface area contributed by atoms with Gasteiger partial charge in [0.15, 0.2) is 9.84 Å². The van der Waals surface area contributed by atoms with E-state index >= 15 is 0 Å². The minimum Gasteiger partial charge on any atom is -0.478 e. The normalized spacial score (nSPS) is 11.4. The maximum Gasteiger partial charge on any atom is 0.337 e. The molecular weight excluding hydrogens is 258 g/mol. The van der Waals surface area contributed by atoms with Crippen LogP contribution in [0.15, 0.2) is 18.3 Å². The van der Waals surface area contributed by atoms with E-state index in [9.17, 15) is 13.2 Å². The van der Waals surface area contributed by atoms with E-state index in [1.165, 1.54) is 19.2 Å². The quantitative estimate of drug-likeness (QED) is 0.736. The second-order valence-corrected chi connectivity index (χ2v) is 5.97. The number of sulfone groups is 1. The molecule has 7 heteroatoms. The Morgan fingerprint density at radius 3 is 2.67 bits per heavy atom. The number of pyridine rings is 1. The maximum absolute atomic E-state index is 11.7. The number of hydrogen-bond donors (Lipinski definition) is 1. The number of rotatable bonds is 7. The molecule has 0 radical (unpaired) electrons. The molecule has 1 N–H and O–H groups in total. The van der Waals surface area contributed by atoms with Gasteiger partial charge in [-0.1, -0.05) is 0 Å².